The molecular formula is C23H23ClF3N5O6. The third kappa shape index (κ3) is 6.14. The predicted octanol–water partition coefficient (Wildman–Crippen LogP) is 2.67. The lowest BCUT2D eigenvalue weighted by Gasteiger charge is -2.40. The Hall–Kier alpha value is -3.49. The molecule has 38 heavy (non-hydrogen) atoms. The largest absolute Gasteiger partial charge is 0.522 e. The molecule has 1 aliphatic heterocycles. The molecule has 15 heteroatoms. The van der Waals surface area contributed by atoms with Crippen molar-refractivity contribution >= 4 is 46.3 Å². The minimum Gasteiger partial charge on any atom is -0.465 e. The number of piperidine rings is 1. The number of carboxylic acid groups (broad SMARTS) is 1. The van der Waals surface area contributed by atoms with Gasteiger partial charge in [-0.1, -0.05) is 17.7 Å². The van der Waals surface area contributed by atoms with Crippen molar-refractivity contribution in [3.63, 3.8) is 0 Å². The first-order valence-corrected chi connectivity index (χ1v) is 11.9. The zero-order chi connectivity index (χ0) is 27.8. The minimum absolute atomic E-state index is 0.0456. The van der Waals surface area contributed by atoms with Gasteiger partial charge in [0.2, 0.25) is 5.91 Å². The molecule has 0 bridgehead atoms. The molecule has 4 amide bonds. The number of hydrogen-bond donors (Lipinski definition) is 3. The van der Waals surface area contributed by atoms with Gasteiger partial charge in [-0.3, -0.25) is 29.0 Å². The van der Waals surface area contributed by atoms with E-state index in [9.17, 15) is 37.5 Å². The molecular weight excluding hydrogens is 535 g/mol. The van der Waals surface area contributed by atoms with E-state index in [1.807, 2.05) is 0 Å². The molecule has 4 rings (SSSR count). The molecule has 2 heterocycles. The average Bonchev–Trinajstić information content (AvgIpc) is 2.83. The number of alkyl halides is 3. The Labute approximate surface area is 218 Å². The van der Waals surface area contributed by atoms with Crippen LogP contribution in [0.25, 0.3) is 10.9 Å². The molecule has 204 valence electrons. The van der Waals surface area contributed by atoms with Crippen LogP contribution in [0.3, 0.4) is 0 Å². The van der Waals surface area contributed by atoms with Crippen molar-refractivity contribution in [2.75, 3.05) is 6.54 Å². The van der Waals surface area contributed by atoms with Gasteiger partial charge >= 0.3 is 12.5 Å². The standard InChI is InChI=1S/C23H23ClF3N5O6/c24-14-2-1-11-5-13(9-29-17(11)8-14)19(33)30-15-3-4-18(31(10-15)22(36)37)21(35)32(28)20(34)12-6-16(7-12)38-23(25,26)27/h1-2,5,8-9,12,15-16,18H,3-4,6-7,10,28H2,(H,30,33)(H,36,37)/t12-,15-,16+,18+/m0/s1. The first-order chi connectivity index (χ1) is 17.8. The highest BCUT2D eigenvalue weighted by Crippen LogP contribution is 2.36. The van der Waals surface area contributed by atoms with Gasteiger partial charge in [-0.15, -0.1) is 13.2 Å². The van der Waals surface area contributed by atoms with Crippen LogP contribution in [0.2, 0.25) is 5.02 Å². The lowest BCUT2D eigenvalue weighted by atomic mass is 9.81. The number of ether oxygens (including phenoxy) is 1. The zero-order valence-corrected chi connectivity index (χ0v) is 20.4. The van der Waals surface area contributed by atoms with Crippen LogP contribution in [-0.2, 0) is 14.3 Å². The highest BCUT2D eigenvalue weighted by atomic mass is 35.5. The molecule has 1 saturated carbocycles. The van der Waals surface area contributed by atoms with E-state index in [-0.39, 0.29) is 42.8 Å². The van der Waals surface area contributed by atoms with E-state index in [4.69, 9.17) is 17.4 Å². The summed E-state index contributed by atoms with van der Waals surface area (Å²) in [6.07, 6.45) is -6.53. The van der Waals surface area contributed by atoms with Crippen molar-refractivity contribution in [2.24, 2.45) is 11.8 Å². The topological polar surface area (TPSA) is 155 Å². The molecule has 2 atom stereocenters. The van der Waals surface area contributed by atoms with Gasteiger partial charge in [0.1, 0.15) is 6.04 Å². The quantitative estimate of drug-likeness (QED) is 0.219. The lowest BCUT2D eigenvalue weighted by molar-refractivity contribution is -0.353. The summed E-state index contributed by atoms with van der Waals surface area (Å²) in [5.41, 5.74) is 0.836. The molecule has 0 spiro atoms. The number of imide groups is 1. The van der Waals surface area contributed by atoms with Crippen LogP contribution < -0.4 is 11.2 Å². The number of pyridine rings is 1. The summed E-state index contributed by atoms with van der Waals surface area (Å²) in [5, 5.41) is 13.8. The van der Waals surface area contributed by atoms with Crippen molar-refractivity contribution in [1.29, 1.82) is 0 Å². The van der Waals surface area contributed by atoms with Gasteiger partial charge in [-0.2, -0.15) is 0 Å². The molecule has 2 aliphatic rings. The smallest absolute Gasteiger partial charge is 0.465 e. The Balaban J connectivity index is 1.35. The number of halogens is 4. The SMILES string of the molecule is NN(C(=O)[C@H]1CC[C@H](NC(=O)c2cnc3cc(Cl)ccc3c2)CN1C(=O)O)C(=O)[C@H]1C[C@@H](OC(F)(F)F)C1. The maximum atomic E-state index is 12.9. The first kappa shape index (κ1) is 27.5. The number of nitrogens with two attached hydrogens (primary N) is 1. The van der Waals surface area contributed by atoms with Crippen molar-refractivity contribution in [2.45, 2.75) is 50.2 Å². The number of hydrogen-bond acceptors (Lipinski definition) is 7. The van der Waals surface area contributed by atoms with Crippen LogP contribution in [-0.4, -0.2) is 74.9 Å². The number of hydrazine groups is 1. The Bertz CT molecular complexity index is 1270. The van der Waals surface area contributed by atoms with E-state index in [1.165, 1.54) is 6.20 Å². The summed E-state index contributed by atoms with van der Waals surface area (Å²) in [6, 6.07) is 4.67. The van der Waals surface area contributed by atoms with E-state index < -0.39 is 54.3 Å². The summed E-state index contributed by atoms with van der Waals surface area (Å²) in [7, 11) is 0. The van der Waals surface area contributed by atoms with Crippen LogP contribution >= 0.6 is 11.6 Å². The summed E-state index contributed by atoms with van der Waals surface area (Å²) in [6.45, 7) is -0.249. The second-order valence-electron chi connectivity index (χ2n) is 9.16. The van der Waals surface area contributed by atoms with Gasteiger partial charge in [-0.05, 0) is 43.9 Å². The molecule has 0 unspecified atom stereocenters. The Morgan fingerprint density at radius 3 is 2.53 bits per heavy atom. The van der Waals surface area contributed by atoms with E-state index in [2.05, 4.69) is 15.0 Å². The van der Waals surface area contributed by atoms with Crippen LogP contribution in [0.15, 0.2) is 30.5 Å². The normalized spacial score (nSPS) is 23.4. The molecule has 1 aromatic heterocycles. The van der Waals surface area contributed by atoms with Crippen LogP contribution in [0, 0.1) is 5.92 Å². The van der Waals surface area contributed by atoms with E-state index in [0.717, 1.165) is 4.90 Å². The minimum atomic E-state index is -4.84. The fourth-order valence-corrected chi connectivity index (χ4v) is 4.73. The Morgan fingerprint density at radius 1 is 1.16 bits per heavy atom. The van der Waals surface area contributed by atoms with Gasteiger partial charge in [0.15, 0.2) is 0 Å². The maximum absolute atomic E-state index is 12.9. The lowest BCUT2D eigenvalue weighted by Crippen LogP contribution is -2.61. The number of nitrogens with zero attached hydrogens (tertiary/aromatic N) is 3. The van der Waals surface area contributed by atoms with E-state index in [0.29, 0.717) is 15.9 Å². The highest BCUT2D eigenvalue weighted by molar-refractivity contribution is 6.31. The number of likely N-dealkylation sites (tertiary alicyclic amines) is 1. The summed E-state index contributed by atoms with van der Waals surface area (Å²) >= 11 is 5.94. The van der Waals surface area contributed by atoms with Crippen molar-refractivity contribution in [1.82, 2.24) is 20.2 Å². The molecule has 1 aliphatic carbocycles. The number of carbonyl (C=O) groups excluding carboxylic acids is 3. The molecule has 1 aromatic carbocycles. The molecule has 11 nitrogen and oxygen atoms in total. The average molecular weight is 558 g/mol. The van der Waals surface area contributed by atoms with Crippen molar-refractivity contribution in [3.05, 3.63) is 41.0 Å². The van der Waals surface area contributed by atoms with Crippen LogP contribution in [0.5, 0.6) is 0 Å². The second-order valence-corrected chi connectivity index (χ2v) is 9.60. The number of amides is 4. The fraction of sp³-hybridized carbons (Fsp3) is 0.435. The Morgan fingerprint density at radius 2 is 1.87 bits per heavy atom. The molecule has 0 radical (unpaired) electrons. The summed E-state index contributed by atoms with van der Waals surface area (Å²) in [4.78, 5) is 55.0. The first-order valence-electron chi connectivity index (χ1n) is 11.5. The van der Waals surface area contributed by atoms with Gasteiger partial charge in [0.05, 0.1) is 17.2 Å². The monoisotopic (exact) mass is 557 g/mol. The number of rotatable bonds is 5. The highest BCUT2D eigenvalue weighted by Gasteiger charge is 2.46. The summed E-state index contributed by atoms with van der Waals surface area (Å²) < 4.78 is 40.7. The number of fused-ring (bicyclic) bond motifs is 1. The summed E-state index contributed by atoms with van der Waals surface area (Å²) in [5.74, 6) is 2.29. The number of nitrogens with one attached hydrogen (secondary N) is 1. The maximum Gasteiger partial charge on any atom is 0.522 e. The van der Waals surface area contributed by atoms with Crippen molar-refractivity contribution < 1.29 is 42.2 Å². The predicted molar refractivity (Wildman–Crippen MR) is 125 cm³/mol. The molecule has 2 fully saturated rings. The van der Waals surface area contributed by atoms with Gasteiger partial charge < -0.3 is 10.4 Å². The van der Waals surface area contributed by atoms with E-state index in [1.54, 1.807) is 24.3 Å². The second kappa shape index (κ2) is 10.7. The third-order valence-electron chi connectivity index (χ3n) is 6.58. The third-order valence-corrected chi connectivity index (χ3v) is 6.81. The molecule has 2 aromatic rings. The van der Waals surface area contributed by atoms with Crippen LogP contribution in [0.4, 0.5) is 18.0 Å². The fourth-order valence-electron chi connectivity index (χ4n) is 4.56. The zero-order valence-electron chi connectivity index (χ0n) is 19.7. The van der Waals surface area contributed by atoms with Gasteiger partial charge in [0.25, 0.3) is 11.8 Å². The molecule has 4 N–H and O–H groups in total. The molecule has 1 saturated heterocycles. The Kier molecular flexibility index (Phi) is 7.76. The van der Waals surface area contributed by atoms with Gasteiger partial charge in [-0.25, -0.2) is 15.6 Å². The van der Waals surface area contributed by atoms with E-state index >= 15 is 0 Å². The number of carbonyl (C=O) groups is 4. The number of benzene rings is 1. The van der Waals surface area contributed by atoms with Crippen molar-refractivity contribution in [3.8, 4) is 0 Å². The number of aromatic nitrogens is 1. The van der Waals surface area contributed by atoms with Gasteiger partial charge in [0, 0.05) is 35.1 Å². The van der Waals surface area contributed by atoms with Crippen LogP contribution in [0.1, 0.15) is 36.0 Å².